The number of aliphatic hydroxyl groups is 2. The molecule has 1 saturated heterocycles. The van der Waals surface area contributed by atoms with Crippen LogP contribution in [0.4, 0.5) is 4.79 Å². The molecule has 0 radical (unpaired) electrons. The third-order valence-corrected chi connectivity index (χ3v) is 13.4. The lowest BCUT2D eigenvalue weighted by molar-refractivity contribution is -0.347. The van der Waals surface area contributed by atoms with Gasteiger partial charge in [-0.05, 0) is 55.5 Å². The van der Waals surface area contributed by atoms with E-state index in [1.165, 1.54) is 21.1 Å². The molecular weight excluding hydrogens is 766 g/mol. The lowest BCUT2D eigenvalue weighted by atomic mass is 9.44. The summed E-state index contributed by atoms with van der Waals surface area (Å²) < 4.78 is 42.3. The van der Waals surface area contributed by atoms with Crippen LogP contribution in [0.2, 0.25) is 0 Å². The highest BCUT2D eigenvalue weighted by atomic mass is 16.6. The monoisotopic (exact) mass is 819 g/mol. The van der Waals surface area contributed by atoms with Crippen LogP contribution >= 0.6 is 0 Å². The minimum Gasteiger partial charge on any atom is -0.456 e. The van der Waals surface area contributed by atoms with Crippen molar-refractivity contribution in [3.05, 3.63) is 82.9 Å². The number of esters is 3. The number of carbonyl (C=O) groups is 5. The molecule has 1 unspecified atom stereocenters. The van der Waals surface area contributed by atoms with Gasteiger partial charge in [0.25, 0.3) is 0 Å². The lowest BCUT2D eigenvalue weighted by Gasteiger charge is -2.67. The summed E-state index contributed by atoms with van der Waals surface area (Å²) in [5.74, 6) is -4.48. The van der Waals surface area contributed by atoms with E-state index in [-0.39, 0.29) is 30.3 Å². The molecule has 2 aromatic carbocycles. The summed E-state index contributed by atoms with van der Waals surface area (Å²) in [6.45, 7) is 7.72. The number of Topliss-reactive ketones (excluding diaryl/α,β-unsaturated/α-hetero) is 1. The Morgan fingerprint density at radius 2 is 1.56 bits per heavy atom. The van der Waals surface area contributed by atoms with Crippen molar-refractivity contribution in [1.29, 1.82) is 0 Å². The first-order chi connectivity index (χ1) is 27.9. The Morgan fingerprint density at radius 1 is 0.915 bits per heavy atom. The number of rotatable bonds is 11. The van der Waals surface area contributed by atoms with Gasteiger partial charge in [0.2, 0.25) is 0 Å². The number of alkyl carbamates (subject to hydrolysis) is 1. The molecule has 1 amide bonds. The van der Waals surface area contributed by atoms with Crippen LogP contribution in [-0.4, -0.2) is 115 Å². The van der Waals surface area contributed by atoms with Gasteiger partial charge in [-0.3, -0.25) is 9.59 Å². The molecule has 11 atom stereocenters. The summed E-state index contributed by atoms with van der Waals surface area (Å²) >= 11 is 0. The average Bonchev–Trinajstić information content (AvgIpc) is 4.02. The van der Waals surface area contributed by atoms with Gasteiger partial charge in [0.05, 0.1) is 35.6 Å². The third-order valence-electron chi connectivity index (χ3n) is 13.4. The van der Waals surface area contributed by atoms with Gasteiger partial charge in [-0.2, -0.15) is 0 Å². The number of aliphatic hydroxyl groups excluding tert-OH is 1. The van der Waals surface area contributed by atoms with Crippen LogP contribution in [0.3, 0.4) is 0 Å². The van der Waals surface area contributed by atoms with E-state index < -0.39 is 107 Å². The molecule has 2 bridgehead atoms. The van der Waals surface area contributed by atoms with Crippen LogP contribution in [0.15, 0.2) is 71.8 Å². The van der Waals surface area contributed by atoms with Gasteiger partial charge in [0.15, 0.2) is 17.5 Å². The third kappa shape index (κ3) is 7.03. The topological polar surface area (TPSA) is 202 Å². The largest absolute Gasteiger partial charge is 0.456 e. The van der Waals surface area contributed by atoms with Crippen LogP contribution in [-0.2, 0) is 47.5 Å². The summed E-state index contributed by atoms with van der Waals surface area (Å²) in [5.41, 5.74) is -5.74. The van der Waals surface area contributed by atoms with Crippen molar-refractivity contribution < 1.29 is 67.3 Å². The Kier molecular flexibility index (Phi) is 11.3. The molecule has 5 aliphatic rings. The first-order valence-corrected chi connectivity index (χ1v) is 20.0. The standard InChI is InChI=1S/C44H53NO14/c1-23-28(57-39(50)33(47)32(25-14-10-8-11-15-25)45-40(51)56-27-18-19-27)21-44(52)37(58-38(49)26-16-12-9-13-17-26)35-42(5,36(48)34(54-7)31(23)41(44,3)4)29(53-6)20-30-43(35,22-55-30)59-24(2)46/h8-17,27-30,32-35,37,47,52H,18-22H2,1-7H3,(H,45,51)/t28-,29-,30+,32-,33+,34+,35?,37-,42+,43-,44+/m0/s1. The molecule has 0 aromatic heterocycles. The van der Waals surface area contributed by atoms with E-state index in [4.69, 9.17) is 33.2 Å². The number of ether oxygens (including phenoxy) is 7. The number of benzene rings is 2. The summed E-state index contributed by atoms with van der Waals surface area (Å²) in [7, 11) is 2.79. The molecule has 1 aliphatic heterocycles. The van der Waals surface area contributed by atoms with Crippen molar-refractivity contribution in [3.63, 3.8) is 0 Å². The summed E-state index contributed by atoms with van der Waals surface area (Å²) in [6, 6.07) is 15.2. The van der Waals surface area contributed by atoms with Gasteiger partial charge in [-0.1, -0.05) is 62.4 Å². The number of fused-ring (bicyclic) bond motifs is 5. The van der Waals surface area contributed by atoms with Crippen LogP contribution < -0.4 is 5.32 Å². The van der Waals surface area contributed by atoms with E-state index in [1.807, 2.05) is 0 Å². The minimum absolute atomic E-state index is 0.126. The van der Waals surface area contributed by atoms with Gasteiger partial charge >= 0.3 is 24.0 Å². The van der Waals surface area contributed by atoms with Crippen LogP contribution in [0.1, 0.15) is 82.3 Å². The number of ketones is 1. The molecule has 15 heteroatoms. The summed E-state index contributed by atoms with van der Waals surface area (Å²) in [4.78, 5) is 69.8. The van der Waals surface area contributed by atoms with Crippen molar-refractivity contribution in [1.82, 2.24) is 5.32 Å². The van der Waals surface area contributed by atoms with Crippen molar-refractivity contribution in [2.24, 2.45) is 16.7 Å². The number of carbonyl (C=O) groups excluding carboxylic acids is 5. The SMILES string of the molecule is CO[C@H]1C(=O)[C@@]2(C)C([C@H](OC(=O)c3ccccc3)[C@]3(O)C[C@H](OC(=O)[C@H](O)[C@@H](NC(=O)OC4CC4)c4ccccc4)C(C)=C1C3(C)C)[C@]1(OC(C)=O)CO[C@@H]1C[C@@H]2OC. The zero-order valence-electron chi connectivity index (χ0n) is 34.3. The zero-order chi connectivity index (χ0) is 42.7. The molecule has 318 valence electrons. The van der Waals surface area contributed by atoms with Crippen molar-refractivity contribution in [2.75, 3.05) is 20.8 Å². The van der Waals surface area contributed by atoms with Crippen molar-refractivity contribution in [3.8, 4) is 0 Å². The van der Waals surface area contributed by atoms with Gasteiger partial charge in [0, 0.05) is 39.4 Å². The quantitative estimate of drug-likeness (QED) is 0.167. The Labute approximate surface area is 342 Å². The van der Waals surface area contributed by atoms with Gasteiger partial charge in [-0.25, -0.2) is 14.4 Å². The molecule has 3 N–H and O–H groups in total. The molecule has 59 heavy (non-hydrogen) atoms. The highest BCUT2D eigenvalue weighted by Crippen LogP contribution is 2.64. The summed E-state index contributed by atoms with van der Waals surface area (Å²) in [6.07, 6.45) is -7.99. The van der Waals surface area contributed by atoms with Crippen LogP contribution in [0, 0.1) is 16.7 Å². The number of hydrogen-bond acceptors (Lipinski definition) is 14. The maximum atomic E-state index is 15.5. The number of nitrogens with one attached hydrogen (secondary N) is 1. The van der Waals surface area contributed by atoms with Crippen LogP contribution in [0.25, 0.3) is 0 Å². The van der Waals surface area contributed by atoms with Gasteiger partial charge < -0.3 is 48.7 Å². The molecule has 7 rings (SSSR count). The molecule has 1 heterocycles. The lowest BCUT2D eigenvalue weighted by Crippen LogP contribution is -2.82. The number of amides is 1. The fourth-order valence-electron chi connectivity index (χ4n) is 10.1. The highest BCUT2D eigenvalue weighted by molar-refractivity contribution is 5.94. The zero-order valence-corrected chi connectivity index (χ0v) is 34.3. The fraction of sp³-hybridized carbons (Fsp3) is 0.568. The Hall–Kier alpha value is -4.67. The number of methoxy groups -OCH3 is 2. The molecular formula is C44H53NO14. The minimum atomic E-state index is -2.21. The molecule has 3 saturated carbocycles. The van der Waals surface area contributed by atoms with Gasteiger partial charge in [0.1, 0.15) is 36.1 Å². The first kappa shape index (κ1) is 42.5. The van der Waals surface area contributed by atoms with E-state index >= 15 is 4.79 Å². The molecule has 4 aliphatic carbocycles. The molecule has 15 nitrogen and oxygen atoms in total. The van der Waals surface area contributed by atoms with E-state index in [0.717, 1.165) is 0 Å². The fourth-order valence-corrected chi connectivity index (χ4v) is 10.1. The Bertz CT molecular complexity index is 2000. The predicted molar refractivity (Wildman–Crippen MR) is 206 cm³/mol. The van der Waals surface area contributed by atoms with Crippen LogP contribution in [0.5, 0.6) is 0 Å². The Morgan fingerprint density at radius 3 is 2.12 bits per heavy atom. The average molecular weight is 820 g/mol. The second kappa shape index (κ2) is 15.7. The molecule has 0 spiro atoms. The van der Waals surface area contributed by atoms with Crippen molar-refractivity contribution >= 4 is 29.8 Å². The predicted octanol–water partition coefficient (Wildman–Crippen LogP) is 3.93. The van der Waals surface area contributed by atoms with E-state index in [0.29, 0.717) is 24.0 Å². The second-order valence-corrected chi connectivity index (χ2v) is 17.1. The number of hydrogen-bond donors (Lipinski definition) is 3. The van der Waals surface area contributed by atoms with E-state index in [2.05, 4.69) is 5.32 Å². The highest BCUT2D eigenvalue weighted by Gasteiger charge is 2.78. The van der Waals surface area contributed by atoms with Gasteiger partial charge in [-0.15, -0.1) is 0 Å². The summed E-state index contributed by atoms with van der Waals surface area (Å²) in [5, 5.41) is 27.9. The maximum absolute atomic E-state index is 15.5. The molecule has 2 aromatic rings. The second-order valence-electron chi connectivity index (χ2n) is 17.1. The maximum Gasteiger partial charge on any atom is 0.407 e. The Balaban J connectivity index is 1.37. The van der Waals surface area contributed by atoms with E-state index in [1.54, 1.807) is 88.4 Å². The molecule has 4 fully saturated rings. The van der Waals surface area contributed by atoms with E-state index in [9.17, 15) is 29.4 Å². The smallest absolute Gasteiger partial charge is 0.407 e. The first-order valence-electron chi connectivity index (χ1n) is 20.0. The van der Waals surface area contributed by atoms with Crippen molar-refractivity contribution in [2.45, 2.75) is 120 Å². The normalized spacial score (nSPS) is 34.3.